The van der Waals surface area contributed by atoms with E-state index in [0.29, 0.717) is 0 Å². The molecule has 0 spiro atoms. The Kier molecular flexibility index (Phi) is 3.93. The average molecular weight is 234 g/mol. The van der Waals surface area contributed by atoms with Crippen molar-refractivity contribution in [3.63, 3.8) is 0 Å². The van der Waals surface area contributed by atoms with Crippen LogP contribution in [0.2, 0.25) is 0 Å². The van der Waals surface area contributed by atoms with Crippen molar-refractivity contribution in [1.82, 2.24) is 0 Å². The Bertz CT molecular complexity index is 312. The molecule has 0 unspecified atom stereocenters. The Hall–Kier alpha value is -0.810. The molecule has 0 saturated carbocycles. The highest BCUT2D eigenvalue weighted by Gasteiger charge is 2.38. The monoisotopic (exact) mass is 234 g/mol. The molecule has 0 bridgehead atoms. The predicted octanol–water partition coefficient (Wildman–Crippen LogP) is 2.76. The van der Waals surface area contributed by atoms with Gasteiger partial charge in [0.05, 0.1) is 0 Å². The van der Waals surface area contributed by atoms with Gasteiger partial charge in [0.2, 0.25) is 0 Å². The van der Waals surface area contributed by atoms with Crippen molar-refractivity contribution >= 4 is 11.8 Å². The maximum absolute atomic E-state index is 12.9. The van der Waals surface area contributed by atoms with Crippen molar-refractivity contribution in [2.45, 2.75) is 24.0 Å². The van der Waals surface area contributed by atoms with E-state index in [2.05, 4.69) is 4.74 Å². The summed E-state index contributed by atoms with van der Waals surface area (Å²) < 4.78 is 30.2. The highest BCUT2D eigenvalue weighted by Crippen LogP contribution is 2.26. The largest absolute Gasteiger partial charge is 0.431 e. The molecular weight excluding hydrogens is 222 g/mol. The maximum atomic E-state index is 12.9. The fourth-order valence-electron chi connectivity index (χ4n) is 0.886. The first-order valence-electron chi connectivity index (χ1n) is 4.34. The van der Waals surface area contributed by atoms with E-state index in [9.17, 15) is 8.78 Å². The summed E-state index contributed by atoms with van der Waals surface area (Å²) in [4.78, 5) is 0.961. The zero-order valence-corrected chi connectivity index (χ0v) is 9.22. The van der Waals surface area contributed by atoms with Crippen molar-refractivity contribution in [3.8, 4) is 5.75 Å². The minimum atomic E-state index is -3.55. The molecule has 1 aromatic carbocycles. The summed E-state index contributed by atoms with van der Waals surface area (Å²) in [5.74, 6) is 0.0405. The van der Waals surface area contributed by atoms with Crippen molar-refractivity contribution < 1.29 is 18.6 Å². The second kappa shape index (κ2) is 4.81. The van der Waals surface area contributed by atoms with Crippen LogP contribution in [0.15, 0.2) is 29.2 Å². The minimum Gasteiger partial charge on any atom is -0.431 e. The topological polar surface area (TPSA) is 29.5 Å². The van der Waals surface area contributed by atoms with Crippen LogP contribution < -0.4 is 4.74 Å². The first-order chi connectivity index (χ1) is 6.95. The third-order valence-corrected chi connectivity index (χ3v) is 2.54. The number of hydrogen-bond donors (Lipinski definition) is 1. The molecule has 1 aromatic rings. The van der Waals surface area contributed by atoms with E-state index in [0.717, 1.165) is 11.8 Å². The normalized spacial score (nSPS) is 13.7. The number of halogens is 2. The summed E-state index contributed by atoms with van der Waals surface area (Å²) in [6.07, 6.45) is -3.50. The van der Waals surface area contributed by atoms with Crippen LogP contribution >= 0.6 is 11.8 Å². The van der Waals surface area contributed by atoms with Gasteiger partial charge in [-0.2, -0.15) is 8.78 Å². The van der Waals surface area contributed by atoms with Gasteiger partial charge in [0.1, 0.15) is 5.75 Å². The Morgan fingerprint density at radius 3 is 2.27 bits per heavy atom. The summed E-state index contributed by atoms with van der Waals surface area (Å²) >= 11 is 1.51. The zero-order valence-electron chi connectivity index (χ0n) is 8.41. The Morgan fingerprint density at radius 2 is 1.87 bits per heavy atom. The highest BCUT2D eigenvalue weighted by molar-refractivity contribution is 7.98. The van der Waals surface area contributed by atoms with E-state index in [1.165, 1.54) is 23.9 Å². The minimum absolute atomic E-state index is 0.0405. The molecule has 0 radical (unpaired) electrons. The summed E-state index contributed by atoms with van der Waals surface area (Å²) in [5.41, 5.74) is 0. The van der Waals surface area contributed by atoms with Crippen LogP contribution in [0.25, 0.3) is 0 Å². The fraction of sp³-hybridized carbons (Fsp3) is 0.400. The smallest absolute Gasteiger partial charge is 0.424 e. The third-order valence-electron chi connectivity index (χ3n) is 1.80. The van der Waals surface area contributed by atoms with E-state index < -0.39 is 12.2 Å². The molecule has 2 nitrogen and oxygen atoms in total. The van der Waals surface area contributed by atoms with Crippen molar-refractivity contribution in [2.75, 3.05) is 6.26 Å². The van der Waals surface area contributed by atoms with E-state index >= 15 is 0 Å². The van der Waals surface area contributed by atoms with Crippen LogP contribution in [-0.4, -0.2) is 23.6 Å². The van der Waals surface area contributed by atoms with Gasteiger partial charge in [0, 0.05) is 4.90 Å². The number of benzene rings is 1. The number of hydrogen-bond acceptors (Lipinski definition) is 3. The van der Waals surface area contributed by atoms with Crippen LogP contribution in [0.3, 0.4) is 0 Å². The Labute approximate surface area is 91.3 Å². The van der Waals surface area contributed by atoms with Gasteiger partial charge in [0.25, 0.3) is 0 Å². The molecule has 0 heterocycles. The van der Waals surface area contributed by atoms with Gasteiger partial charge in [0.15, 0.2) is 6.10 Å². The van der Waals surface area contributed by atoms with Gasteiger partial charge in [-0.25, -0.2) is 0 Å². The Balaban J connectivity index is 2.73. The molecule has 0 aromatic heterocycles. The lowest BCUT2D eigenvalue weighted by Crippen LogP contribution is -2.36. The van der Waals surface area contributed by atoms with E-state index in [4.69, 9.17) is 5.11 Å². The molecule has 0 aliphatic rings. The maximum Gasteiger partial charge on any atom is 0.424 e. The molecule has 15 heavy (non-hydrogen) atoms. The number of thioether (sulfide) groups is 1. The van der Waals surface area contributed by atoms with Crippen molar-refractivity contribution in [2.24, 2.45) is 0 Å². The number of alkyl halides is 2. The van der Waals surface area contributed by atoms with Crippen LogP contribution in [-0.2, 0) is 0 Å². The molecule has 5 heteroatoms. The summed E-state index contributed by atoms with van der Waals surface area (Å²) in [7, 11) is 0. The quantitative estimate of drug-likeness (QED) is 0.812. The molecule has 1 N–H and O–H groups in total. The average Bonchev–Trinajstić information content (AvgIpc) is 2.18. The lowest BCUT2D eigenvalue weighted by molar-refractivity contribution is -0.234. The van der Waals surface area contributed by atoms with Gasteiger partial charge < -0.3 is 9.84 Å². The molecule has 1 atom stereocenters. The first-order valence-corrected chi connectivity index (χ1v) is 5.57. The molecule has 0 amide bonds. The number of aliphatic hydroxyl groups is 1. The zero-order chi connectivity index (χ0) is 11.5. The molecule has 84 valence electrons. The first kappa shape index (κ1) is 12.3. The molecule has 0 fully saturated rings. The number of ether oxygens (including phenoxy) is 1. The van der Waals surface area contributed by atoms with Crippen molar-refractivity contribution in [1.29, 1.82) is 0 Å². The predicted molar refractivity (Wildman–Crippen MR) is 55.5 cm³/mol. The SMILES string of the molecule is CSc1ccc(OC(F)(F)[C@H](C)O)cc1. The fourth-order valence-corrected chi connectivity index (χ4v) is 1.29. The van der Waals surface area contributed by atoms with Crippen LogP contribution in [0, 0.1) is 0 Å². The summed E-state index contributed by atoms with van der Waals surface area (Å²) in [6.45, 7) is 0.982. The summed E-state index contributed by atoms with van der Waals surface area (Å²) in [6, 6.07) is 6.25. The molecular formula is C10H12F2O2S. The number of aliphatic hydroxyl groups excluding tert-OH is 1. The van der Waals surface area contributed by atoms with Crippen molar-refractivity contribution in [3.05, 3.63) is 24.3 Å². The number of rotatable bonds is 4. The lowest BCUT2D eigenvalue weighted by Gasteiger charge is -2.20. The van der Waals surface area contributed by atoms with Gasteiger partial charge in [-0.3, -0.25) is 0 Å². The van der Waals surface area contributed by atoms with E-state index in [1.54, 1.807) is 12.1 Å². The van der Waals surface area contributed by atoms with E-state index in [1.807, 2.05) is 6.26 Å². The van der Waals surface area contributed by atoms with E-state index in [-0.39, 0.29) is 5.75 Å². The van der Waals surface area contributed by atoms with Crippen LogP contribution in [0.1, 0.15) is 6.92 Å². The Morgan fingerprint density at radius 1 is 1.33 bits per heavy atom. The third kappa shape index (κ3) is 3.35. The van der Waals surface area contributed by atoms with Crippen LogP contribution in [0.4, 0.5) is 8.78 Å². The molecule has 0 aliphatic heterocycles. The summed E-state index contributed by atoms with van der Waals surface area (Å²) in [5, 5.41) is 8.76. The lowest BCUT2D eigenvalue weighted by atomic mass is 10.3. The second-order valence-electron chi connectivity index (χ2n) is 3.02. The molecule has 1 rings (SSSR count). The molecule has 0 aliphatic carbocycles. The van der Waals surface area contributed by atoms with Crippen LogP contribution in [0.5, 0.6) is 5.75 Å². The molecule has 0 saturated heterocycles. The van der Waals surface area contributed by atoms with Gasteiger partial charge in [-0.1, -0.05) is 0 Å². The van der Waals surface area contributed by atoms with Gasteiger partial charge in [-0.05, 0) is 37.4 Å². The second-order valence-corrected chi connectivity index (χ2v) is 3.90. The van der Waals surface area contributed by atoms with Gasteiger partial charge >= 0.3 is 6.11 Å². The standard InChI is InChI=1S/C10H12F2O2S/c1-7(13)10(11,12)14-8-3-5-9(15-2)6-4-8/h3-7,13H,1-2H3/t7-/m0/s1. The highest BCUT2D eigenvalue weighted by atomic mass is 32.2. The van der Waals surface area contributed by atoms with Gasteiger partial charge in [-0.15, -0.1) is 11.8 Å².